The van der Waals surface area contributed by atoms with E-state index in [4.69, 9.17) is 5.26 Å². The van der Waals surface area contributed by atoms with Crippen molar-refractivity contribution in [2.24, 2.45) is 5.92 Å². The first-order valence-electron chi connectivity index (χ1n) is 11.7. The number of nitriles is 1. The van der Waals surface area contributed by atoms with E-state index in [1.807, 2.05) is 30.5 Å². The monoisotopic (exact) mass is 427 g/mol. The average Bonchev–Trinajstić information content (AvgIpc) is 3.27. The maximum Gasteiger partial charge on any atom is 0.255 e. The highest BCUT2D eigenvalue weighted by Gasteiger charge is 2.25. The van der Waals surface area contributed by atoms with Gasteiger partial charge in [0, 0.05) is 25.3 Å². The van der Waals surface area contributed by atoms with Crippen LogP contribution in [0.4, 0.5) is 0 Å². The van der Waals surface area contributed by atoms with E-state index < -0.39 is 0 Å². The Bertz CT molecular complexity index is 1150. The summed E-state index contributed by atoms with van der Waals surface area (Å²) in [5.41, 5.74) is 4.97. The van der Waals surface area contributed by atoms with Crippen molar-refractivity contribution in [1.29, 1.82) is 5.26 Å². The summed E-state index contributed by atoms with van der Waals surface area (Å²) in [4.78, 5) is 15.3. The van der Waals surface area contributed by atoms with Crippen molar-refractivity contribution in [3.8, 4) is 6.07 Å². The molecule has 1 amide bonds. The van der Waals surface area contributed by atoms with E-state index in [1.54, 1.807) is 10.7 Å². The van der Waals surface area contributed by atoms with Gasteiger partial charge in [-0.25, -0.2) is 4.52 Å². The molecule has 164 valence electrons. The summed E-state index contributed by atoms with van der Waals surface area (Å²) in [6.07, 6.45) is 10.2. The molecule has 0 unspecified atom stereocenters. The van der Waals surface area contributed by atoms with Crippen molar-refractivity contribution >= 4 is 11.4 Å². The molecule has 1 saturated carbocycles. The largest absolute Gasteiger partial charge is 0.349 e. The fraction of sp³-hybridized carbons (Fsp3) is 0.423. The molecular formula is C26H29N5O. The Balaban J connectivity index is 1.08. The van der Waals surface area contributed by atoms with Gasteiger partial charge >= 0.3 is 0 Å². The number of nitrogens with zero attached hydrogens (tertiary/aromatic N) is 4. The van der Waals surface area contributed by atoms with Crippen LogP contribution in [0.5, 0.6) is 0 Å². The zero-order chi connectivity index (χ0) is 21.9. The lowest BCUT2D eigenvalue weighted by Gasteiger charge is -2.33. The number of amides is 1. The van der Waals surface area contributed by atoms with Gasteiger partial charge in [-0.1, -0.05) is 12.1 Å². The number of carbonyl (C=O) groups excluding carboxylic acids is 1. The Morgan fingerprint density at radius 2 is 2.03 bits per heavy atom. The van der Waals surface area contributed by atoms with Crippen molar-refractivity contribution in [2.45, 2.75) is 51.1 Å². The van der Waals surface area contributed by atoms with Crippen LogP contribution in [-0.2, 0) is 13.0 Å². The fourth-order valence-electron chi connectivity index (χ4n) is 5.21. The second kappa shape index (κ2) is 9.13. The molecule has 0 atom stereocenters. The standard InChI is InChI=1S/C26H29N5O/c27-16-20-4-7-21-11-14-30(18-22(21)15-20)13-10-19-5-8-23(9-6-19)29-26(32)24-17-28-31-12-2-1-3-25(24)31/h1-4,7,12,15,17,19,23H,5-6,8-11,13-14,18H2,(H,29,32). The van der Waals surface area contributed by atoms with Gasteiger partial charge in [0.1, 0.15) is 0 Å². The summed E-state index contributed by atoms with van der Waals surface area (Å²) in [5.74, 6) is 0.713. The Kier molecular flexibility index (Phi) is 5.91. The third-order valence-corrected chi connectivity index (χ3v) is 7.13. The second-order valence-electron chi connectivity index (χ2n) is 9.19. The molecule has 1 aliphatic heterocycles. The van der Waals surface area contributed by atoms with Gasteiger partial charge in [-0.15, -0.1) is 0 Å². The normalized spacial score (nSPS) is 21.1. The van der Waals surface area contributed by atoms with Gasteiger partial charge in [-0.2, -0.15) is 10.4 Å². The molecule has 3 aromatic rings. The summed E-state index contributed by atoms with van der Waals surface area (Å²) in [6.45, 7) is 3.17. The topological polar surface area (TPSA) is 73.4 Å². The van der Waals surface area contributed by atoms with Crippen molar-refractivity contribution in [3.05, 3.63) is 71.0 Å². The molecule has 2 aliphatic rings. The van der Waals surface area contributed by atoms with Crippen LogP contribution in [0.25, 0.3) is 5.52 Å². The Morgan fingerprint density at radius 1 is 1.16 bits per heavy atom. The number of rotatable bonds is 5. The first kappa shape index (κ1) is 20.7. The molecule has 32 heavy (non-hydrogen) atoms. The first-order valence-corrected chi connectivity index (χ1v) is 11.7. The van der Waals surface area contributed by atoms with Gasteiger partial charge in [-0.05, 0) is 86.4 Å². The molecule has 3 heterocycles. The Hall–Kier alpha value is -3.17. The lowest BCUT2D eigenvalue weighted by Crippen LogP contribution is -2.38. The predicted molar refractivity (Wildman–Crippen MR) is 123 cm³/mol. The molecule has 0 bridgehead atoms. The van der Waals surface area contributed by atoms with Crippen LogP contribution in [0, 0.1) is 17.2 Å². The van der Waals surface area contributed by atoms with Gasteiger partial charge in [0.2, 0.25) is 0 Å². The minimum atomic E-state index is -0.0154. The van der Waals surface area contributed by atoms with Gasteiger partial charge < -0.3 is 5.32 Å². The first-order chi connectivity index (χ1) is 15.7. The van der Waals surface area contributed by atoms with E-state index in [-0.39, 0.29) is 11.9 Å². The van der Waals surface area contributed by atoms with Crippen LogP contribution < -0.4 is 5.32 Å². The smallest absolute Gasteiger partial charge is 0.255 e. The minimum Gasteiger partial charge on any atom is -0.349 e. The molecule has 1 aromatic carbocycles. The molecule has 0 spiro atoms. The van der Waals surface area contributed by atoms with Crippen LogP contribution in [0.3, 0.4) is 0 Å². The molecule has 6 heteroatoms. The van der Waals surface area contributed by atoms with Crippen molar-refractivity contribution < 1.29 is 4.79 Å². The van der Waals surface area contributed by atoms with E-state index in [0.717, 1.165) is 55.9 Å². The van der Waals surface area contributed by atoms with Crippen molar-refractivity contribution in [2.75, 3.05) is 13.1 Å². The third kappa shape index (κ3) is 4.39. The van der Waals surface area contributed by atoms with E-state index in [2.05, 4.69) is 33.5 Å². The van der Waals surface area contributed by atoms with Crippen LogP contribution in [0.15, 0.2) is 48.8 Å². The maximum atomic E-state index is 12.8. The van der Waals surface area contributed by atoms with Crippen LogP contribution >= 0.6 is 0 Å². The van der Waals surface area contributed by atoms with E-state index in [9.17, 15) is 4.79 Å². The molecular weight excluding hydrogens is 398 g/mol. The molecule has 5 rings (SSSR count). The highest BCUT2D eigenvalue weighted by molar-refractivity contribution is 6.00. The Morgan fingerprint density at radius 3 is 2.88 bits per heavy atom. The number of benzene rings is 1. The summed E-state index contributed by atoms with van der Waals surface area (Å²) in [7, 11) is 0. The maximum absolute atomic E-state index is 12.8. The van der Waals surface area contributed by atoms with E-state index >= 15 is 0 Å². The Labute approximate surface area is 188 Å². The van der Waals surface area contributed by atoms with Crippen molar-refractivity contribution in [3.63, 3.8) is 0 Å². The van der Waals surface area contributed by atoms with Gasteiger partial charge in [0.15, 0.2) is 0 Å². The fourth-order valence-corrected chi connectivity index (χ4v) is 5.21. The van der Waals surface area contributed by atoms with E-state index in [0.29, 0.717) is 5.56 Å². The average molecular weight is 428 g/mol. The number of pyridine rings is 1. The number of hydrogen-bond donors (Lipinski definition) is 1. The second-order valence-corrected chi connectivity index (χ2v) is 9.19. The lowest BCUT2D eigenvalue weighted by molar-refractivity contribution is 0.0921. The SMILES string of the molecule is N#Cc1ccc2c(c1)CN(CCC1CCC(NC(=O)c3cnn4ccccc34)CC1)CC2. The highest BCUT2D eigenvalue weighted by atomic mass is 16.1. The minimum absolute atomic E-state index is 0.0154. The molecule has 0 radical (unpaired) electrons. The van der Waals surface area contributed by atoms with Crippen molar-refractivity contribution in [1.82, 2.24) is 19.8 Å². The molecule has 2 aromatic heterocycles. The molecule has 6 nitrogen and oxygen atoms in total. The quantitative estimate of drug-likeness (QED) is 0.669. The summed E-state index contributed by atoms with van der Waals surface area (Å²) < 4.78 is 1.74. The number of fused-ring (bicyclic) bond motifs is 2. The van der Waals surface area contributed by atoms with Crippen LogP contribution in [0.1, 0.15) is 59.2 Å². The van der Waals surface area contributed by atoms with Gasteiger partial charge in [-0.3, -0.25) is 9.69 Å². The summed E-state index contributed by atoms with van der Waals surface area (Å²) >= 11 is 0. The van der Waals surface area contributed by atoms with E-state index in [1.165, 1.54) is 30.4 Å². The number of aromatic nitrogens is 2. The zero-order valence-electron chi connectivity index (χ0n) is 18.3. The molecule has 0 saturated heterocycles. The lowest BCUT2D eigenvalue weighted by atomic mass is 9.83. The van der Waals surface area contributed by atoms with Crippen LogP contribution in [0.2, 0.25) is 0 Å². The highest BCUT2D eigenvalue weighted by Crippen LogP contribution is 2.28. The van der Waals surface area contributed by atoms with Gasteiger partial charge in [0.05, 0.1) is 28.9 Å². The number of carbonyl (C=O) groups is 1. The van der Waals surface area contributed by atoms with Crippen LogP contribution in [-0.4, -0.2) is 39.6 Å². The summed E-state index contributed by atoms with van der Waals surface area (Å²) in [5, 5.41) is 16.7. The predicted octanol–water partition coefficient (Wildman–Crippen LogP) is 3.94. The van der Waals surface area contributed by atoms with Gasteiger partial charge in [0.25, 0.3) is 5.91 Å². The molecule has 1 N–H and O–H groups in total. The number of hydrogen-bond acceptors (Lipinski definition) is 4. The molecule has 1 aliphatic carbocycles. The number of nitrogens with one attached hydrogen (secondary N) is 1. The zero-order valence-corrected chi connectivity index (χ0v) is 18.3. The summed E-state index contributed by atoms with van der Waals surface area (Å²) in [6, 6.07) is 14.4. The molecule has 1 fully saturated rings. The third-order valence-electron chi connectivity index (χ3n) is 7.13.